The van der Waals surface area contributed by atoms with Gasteiger partial charge in [-0.1, -0.05) is 276 Å². The fourth-order valence-corrected chi connectivity index (χ4v) is 11.4. The molecule has 2 saturated heterocycles. The lowest BCUT2D eigenvalue weighted by Gasteiger charge is -2.46. The number of unbranched alkanes of at least 4 members (excludes halogenated alkanes) is 41. The predicted molar refractivity (Wildman–Crippen MR) is 328 cm³/mol. The predicted octanol–water partition coefficient (Wildman–Crippen LogP) is 13.2. The van der Waals surface area contributed by atoms with E-state index in [0.717, 1.165) is 38.5 Å². The first kappa shape index (κ1) is 75.6. The van der Waals surface area contributed by atoms with Gasteiger partial charge in [0.25, 0.3) is 0 Å². The lowest BCUT2D eigenvalue weighted by Crippen LogP contribution is -2.65. The topological polar surface area (TPSA) is 228 Å². The second kappa shape index (κ2) is 52.8. The van der Waals surface area contributed by atoms with Gasteiger partial charge in [-0.05, 0) is 44.9 Å². The summed E-state index contributed by atoms with van der Waals surface area (Å²) in [7, 11) is 0. The van der Waals surface area contributed by atoms with E-state index >= 15 is 0 Å². The zero-order valence-electron chi connectivity index (χ0n) is 51.8. The first-order valence-electron chi connectivity index (χ1n) is 34.1. The summed E-state index contributed by atoms with van der Waals surface area (Å²) in [6.45, 7) is 2.84. The molecule has 0 bridgehead atoms. The number of hydrogen-bond donors (Lipinski definition) is 9. The molecule has 14 heteroatoms. The minimum absolute atomic E-state index is 0.234. The van der Waals surface area contributed by atoms with Gasteiger partial charge < -0.3 is 65.1 Å². The van der Waals surface area contributed by atoms with Crippen LogP contribution in [0.15, 0.2) is 24.3 Å². The number of nitrogens with one attached hydrogen (secondary N) is 1. The monoisotopic (exact) mass is 1150 g/mol. The molecular formula is C67H127NO13. The summed E-state index contributed by atoms with van der Waals surface area (Å²) in [4.78, 5) is 13.3. The highest BCUT2D eigenvalue weighted by molar-refractivity contribution is 5.76. The van der Waals surface area contributed by atoms with E-state index in [1.165, 1.54) is 238 Å². The number of amides is 1. The average Bonchev–Trinajstić information content (AvgIpc) is 3.62. The Hall–Kier alpha value is -1.53. The Morgan fingerprint density at radius 1 is 0.432 bits per heavy atom. The lowest BCUT2D eigenvalue weighted by molar-refractivity contribution is -0.359. The molecular weight excluding hydrogens is 1030 g/mol. The van der Waals surface area contributed by atoms with Gasteiger partial charge in [0.1, 0.15) is 48.8 Å². The number of allylic oxidation sites excluding steroid dienone is 3. The summed E-state index contributed by atoms with van der Waals surface area (Å²) in [6.07, 6.45) is 48.0. The highest BCUT2D eigenvalue weighted by atomic mass is 16.7. The molecule has 9 N–H and O–H groups in total. The van der Waals surface area contributed by atoms with E-state index in [1.807, 2.05) is 6.08 Å². The molecule has 0 spiro atoms. The average molecular weight is 1150 g/mol. The van der Waals surface area contributed by atoms with Crippen LogP contribution in [0.3, 0.4) is 0 Å². The van der Waals surface area contributed by atoms with Crippen LogP contribution >= 0.6 is 0 Å². The summed E-state index contributed by atoms with van der Waals surface area (Å²) >= 11 is 0. The molecule has 2 rings (SSSR count). The van der Waals surface area contributed by atoms with E-state index in [0.29, 0.717) is 6.42 Å². The standard InChI is InChI=1S/C67H127NO13/c1-3-5-7-9-11-13-15-17-19-21-23-25-26-27-28-29-30-31-33-35-37-39-41-43-45-47-49-51-59(72)68-55(56(71)50-48-46-44-42-40-38-36-34-32-24-22-20-18-16-14-12-10-8-6-4-2)54-78-66-64(77)62(75)65(58(53-70)80-66)81-67-63(76)61(74)60(73)57(52-69)79-67/h21,23,48,50,55-58,60-67,69-71,73-77H,3-20,22,24-47,49,51-54H2,1-2H3,(H,68,72)/b23-21-,50-48+. The molecule has 0 aromatic carbocycles. The van der Waals surface area contributed by atoms with Gasteiger partial charge in [0.15, 0.2) is 12.6 Å². The highest BCUT2D eigenvalue weighted by Gasteiger charge is 2.51. The van der Waals surface area contributed by atoms with Crippen molar-refractivity contribution in [3.05, 3.63) is 24.3 Å². The summed E-state index contributed by atoms with van der Waals surface area (Å²) in [5, 5.41) is 87.4. The first-order valence-corrected chi connectivity index (χ1v) is 34.1. The van der Waals surface area contributed by atoms with Crippen molar-refractivity contribution in [1.29, 1.82) is 0 Å². The number of rotatable bonds is 56. The molecule has 1 amide bonds. The molecule has 12 unspecified atom stereocenters. The van der Waals surface area contributed by atoms with E-state index in [2.05, 4.69) is 31.3 Å². The summed E-state index contributed by atoms with van der Waals surface area (Å²) in [6, 6.07) is -0.913. The Bertz CT molecular complexity index is 1450. The summed E-state index contributed by atoms with van der Waals surface area (Å²) in [5.41, 5.74) is 0. The minimum Gasteiger partial charge on any atom is -0.394 e. The fraction of sp³-hybridized carbons (Fsp3) is 0.925. The van der Waals surface area contributed by atoms with Crippen molar-refractivity contribution in [2.45, 2.75) is 376 Å². The molecule has 0 radical (unpaired) electrons. The van der Waals surface area contributed by atoms with Crippen molar-refractivity contribution >= 4 is 5.91 Å². The van der Waals surface area contributed by atoms with Gasteiger partial charge >= 0.3 is 0 Å². The van der Waals surface area contributed by atoms with Crippen LogP contribution < -0.4 is 5.32 Å². The van der Waals surface area contributed by atoms with Crippen LogP contribution in [0.2, 0.25) is 0 Å². The molecule has 2 aliphatic heterocycles. The maximum Gasteiger partial charge on any atom is 0.220 e. The van der Waals surface area contributed by atoms with Gasteiger partial charge in [-0.15, -0.1) is 0 Å². The normalized spacial score (nSPS) is 24.2. The maximum absolute atomic E-state index is 13.3. The molecule has 0 aliphatic carbocycles. The van der Waals surface area contributed by atoms with Gasteiger partial charge in [0.2, 0.25) is 5.91 Å². The molecule has 81 heavy (non-hydrogen) atoms. The number of carbonyl (C=O) groups excluding carboxylic acids is 1. The summed E-state index contributed by atoms with van der Waals surface area (Å²) < 4.78 is 22.8. The highest BCUT2D eigenvalue weighted by Crippen LogP contribution is 2.30. The smallest absolute Gasteiger partial charge is 0.220 e. The van der Waals surface area contributed by atoms with Crippen LogP contribution in [-0.4, -0.2) is 140 Å². The van der Waals surface area contributed by atoms with Crippen LogP contribution in [0.25, 0.3) is 0 Å². The minimum atomic E-state index is -1.79. The molecule has 0 aromatic heterocycles. The zero-order valence-corrected chi connectivity index (χ0v) is 51.8. The Morgan fingerprint density at radius 3 is 1.17 bits per heavy atom. The first-order chi connectivity index (χ1) is 39.6. The van der Waals surface area contributed by atoms with E-state index in [-0.39, 0.29) is 18.9 Å². The van der Waals surface area contributed by atoms with Crippen LogP contribution in [0.1, 0.15) is 303 Å². The van der Waals surface area contributed by atoms with Gasteiger partial charge in [-0.2, -0.15) is 0 Å². The lowest BCUT2D eigenvalue weighted by atomic mass is 9.97. The second-order valence-corrected chi connectivity index (χ2v) is 24.3. The molecule has 2 fully saturated rings. The van der Waals surface area contributed by atoms with E-state index in [1.54, 1.807) is 6.08 Å². The number of hydrogen-bond acceptors (Lipinski definition) is 13. The largest absolute Gasteiger partial charge is 0.394 e. The number of carbonyl (C=O) groups is 1. The number of aliphatic hydroxyl groups excluding tert-OH is 8. The Balaban J connectivity index is 1.69. The third-order valence-electron chi connectivity index (χ3n) is 16.9. The fourth-order valence-electron chi connectivity index (χ4n) is 11.4. The van der Waals surface area contributed by atoms with Crippen molar-refractivity contribution in [1.82, 2.24) is 5.32 Å². The molecule has 478 valence electrons. The van der Waals surface area contributed by atoms with Gasteiger partial charge in [0, 0.05) is 6.42 Å². The molecule has 2 heterocycles. The molecule has 0 saturated carbocycles. The zero-order chi connectivity index (χ0) is 58.8. The Labute approximate surface area is 494 Å². The Morgan fingerprint density at radius 2 is 0.778 bits per heavy atom. The SMILES string of the molecule is CCCCCCCCCC/C=C\CCCCCCCCCCCCCCCCCC(=O)NC(COC1OC(CO)C(OC2OC(CO)C(O)C(O)C2O)C(O)C1O)C(O)/C=C/CCCCCCCCCCCCCCCCCCCC. The van der Waals surface area contributed by atoms with Crippen molar-refractivity contribution in [2.24, 2.45) is 0 Å². The van der Waals surface area contributed by atoms with Gasteiger partial charge in [-0.3, -0.25) is 4.79 Å². The Kier molecular flexibility index (Phi) is 49.2. The third-order valence-corrected chi connectivity index (χ3v) is 16.9. The van der Waals surface area contributed by atoms with E-state index in [9.17, 15) is 45.6 Å². The summed E-state index contributed by atoms with van der Waals surface area (Å²) in [5.74, 6) is -0.234. The van der Waals surface area contributed by atoms with Crippen molar-refractivity contribution in [2.75, 3.05) is 19.8 Å². The van der Waals surface area contributed by atoms with E-state index in [4.69, 9.17) is 18.9 Å². The van der Waals surface area contributed by atoms with E-state index < -0.39 is 86.8 Å². The number of aliphatic hydroxyl groups is 8. The van der Waals surface area contributed by atoms with Crippen molar-refractivity contribution in [3.63, 3.8) is 0 Å². The van der Waals surface area contributed by atoms with Crippen LogP contribution in [0.4, 0.5) is 0 Å². The number of ether oxygens (including phenoxy) is 4. The second-order valence-electron chi connectivity index (χ2n) is 24.3. The van der Waals surface area contributed by atoms with Gasteiger partial charge in [-0.25, -0.2) is 0 Å². The van der Waals surface area contributed by atoms with Crippen LogP contribution in [0, 0.1) is 0 Å². The van der Waals surface area contributed by atoms with Crippen molar-refractivity contribution in [3.8, 4) is 0 Å². The third kappa shape index (κ3) is 37.6. The van der Waals surface area contributed by atoms with Crippen molar-refractivity contribution < 1.29 is 64.6 Å². The molecule has 14 nitrogen and oxygen atoms in total. The quantitative estimate of drug-likeness (QED) is 0.0204. The van der Waals surface area contributed by atoms with Gasteiger partial charge in [0.05, 0.1) is 32.0 Å². The molecule has 12 atom stereocenters. The van der Waals surface area contributed by atoms with Crippen LogP contribution in [-0.2, 0) is 23.7 Å². The van der Waals surface area contributed by atoms with Crippen LogP contribution in [0.5, 0.6) is 0 Å². The molecule has 2 aliphatic rings. The maximum atomic E-state index is 13.3. The molecule has 0 aromatic rings.